The standard InChI is InChI=1S/C12H17BrF2N2O/c1-7(3-4-18-2)12(17-16)11-9(14)5-8(13)6-10(11)15/h5-7,12,17H,3-4,16H2,1-2H3. The van der Waals surface area contributed by atoms with Gasteiger partial charge in [0.05, 0.1) is 6.04 Å². The number of hydrogen-bond donors (Lipinski definition) is 2. The molecule has 0 radical (unpaired) electrons. The highest BCUT2D eigenvalue weighted by molar-refractivity contribution is 9.10. The lowest BCUT2D eigenvalue weighted by Gasteiger charge is -2.24. The Bertz CT molecular complexity index is 381. The van der Waals surface area contributed by atoms with E-state index in [0.29, 0.717) is 17.5 Å². The highest BCUT2D eigenvalue weighted by Gasteiger charge is 2.25. The van der Waals surface area contributed by atoms with Gasteiger partial charge in [-0.2, -0.15) is 0 Å². The predicted octanol–water partition coefficient (Wildman–Crippen LogP) is 2.90. The van der Waals surface area contributed by atoms with Crippen molar-refractivity contribution in [1.29, 1.82) is 0 Å². The van der Waals surface area contributed by atoms with Gasteiger partial charge in [0.2, 0.25) is 0 Å². The van der Waals surface area contributed by atoms with Crippen LogP contribution in [-0.4, -0.2) is 13.7 Å². The zero-order valence-corrected chi connectivity index (χ0v) is 11.9. The van der Waals surface area contributed by atoms with Crippen molar-refractivity contribution in [1.82, 2.24) is 5.43 Å². The van der Waals surface area contributed by atoms with Crippen LogP contribution in [0.15, 0.2) is 16.6 Å². The van der Waals surface area contributed by atoms with Crippen LogP contribution in [0.4, 0.5) is 8.78 Å². The number of nitrogens with two attached hydrogens (primary N) is 1. The first-order valence-electron chi connectivity index (χ1n) is 5.60. The van der Waals surface area contributed by atoms with Gasteiger partial charge in [0.15, 0.2) is 0 Å². The van der Waals surface area contributed by atoms with Crippen molar-refractivity contribution < 1.29 is 13.5 Å². The van der Waals surface area contributed by atoms with E-state index in [1.807, 2.05) is 6.92 Å². The summed E-state index contributed by atoms with van der Waals surface area (Å²) in [7, 11) is 1.58. The van der Waals surface area contributed by atoms with Crippen LogP contribution in [-0.2, 0) is 4.74 Å². The molecule has 1 aromatic rings. The van der Waals surface area contributed by atoms with Gasteiger partial charge in [0, 0.05) is 23.8 Å². The fraction of sp³-hybridized carbons (Fsp3) is 0.500. The van der Waals surface area contributed by atoms with E-state index in [0.717, 1.165) is 0 Å². The summed E-state index contributed by atoms with van der Waals surface area (Å²) in [5, 5.41) is 0. The van der Waals surface area contributed by atoms with Gasteiger partial charge >= 0.3 is 0 Å². The van der Waals surface area contributed by atoms with E-state index in [2.05, 4.69) is 21.4 Å². The minimum absolute atomic E-state index is 0.0377. The lowest BCUT2D eigenvalue weighted by atomic mass is 9.92. The first kappa shape index (κ1) is 15.5. The summed E-state index contributed by atoms with van der Waals surface area (Å²) in [6.45, 7) is 2.38. The van der Waals surface area contributed by atoms with Gasteiger partial charge < -0.3 is 4.74 Å². The van der Waals surface area contributed by atoms with Gasteiger partial charge in [0.1, 0.15) is 11.6 Å². The third kappa shape index (κ3) is 3.71. The summed E-state index contributed by atoms with van der Waals surface area (Å²) < 4.78 is 33.0. The Morgan fingerprint density at radius 2 is 1.94 bits per heavy atom. The van der Waals surface area contributed by atoms with Crippen LogP contribution in [0.1, 0.15) is 24.9 Å². The molecule has 2 unspecified atom stereocenters. The Morgan fingerprint density at radius 3 is 2.39 bits per heavy atom. The summed E-state index contributed by atoms with van der Waals surface area (Å²) in [4.78, 5) is 0. The fourth-order valence-corrected chi connectivity index (χ4v) is 2.25. The average molecular weight is 323 g/mol. The van der Waals surface area contributed by atoms with Crippen LogP contribution >= 0.6 is 15.9 Å². The number of hydrogen-bond acceptors (Lipinski definition) is 3. The molecule has 0 bridgehead atoms. The minimum Gasteiger partial charge on any atom is -0.385 e. The Kier molecular flexibility index (Phi) is 6.14. The van der Waals surface area contributed by atoms with Gasteiger partial charge in [-0.05, 0) is 24.5 Å². The van der Waals surface area contributed by atoms with E-state index in [4.69, 9.17) is 10.6 Å². The molecule has 3 N–H and O–H groups in total. The molecular formula is C12H17BrF2N2O. The second-order valence-corrected chi connectivity index (χ2v) is 5.10. The summed E-state index contributed by atoms with van der Waals surface area (Å²) in [6, 6.07) is 1.87. The van der Waals surface area contributed by atoms with E-state index in [1.165, 1.54) is 12.1 Å². The molecule has 0 saturated carbocycles. The second-order valence-electron chi connectivity index (χ2n) is 4.19. The van der Waals surface area contributed by atoms with Gasteiger partial charge in [-0.1, -0.05) is 22.9 Å². The van der Waals surface area contributed by atoms with Crippen LogP contribution in [0.2, 0.25) is 0 Å². The van der Waals surface area contributed by atoms with Gasteiger partial charge in [-0.3, -0.25) is 11.3 Å². The number of rotatable bonds is 6. The summed E-state index contributed by atoms with van der Waals surface area (Å²) in [6.07, 6.45) is 0.653. The van der Waals surface area contributed by atoms with Crippen molar-refractivity contribution in [3.8, 4) is 0 Å². The number of halogens is 3. The average Bonchev–Trinajstić information content (AvgIpc) is 2.30. The van der Waals surface area contributed by atoms with Crippen LogP contribution in [0, 0.1) is 17.6 Å². The molecule has 3 nitrogen and oxygen atoms in total. The Morgan fingerprint density at radius 1 is 1.39 bits per heavy atom. The Hall–Kier alpha value is -0.560. The number of benzene rings is 1. The van der Waals surface area contributed by atoms with Crippen LogP contribution in [0.3, 0.4) is 0 Å². The van der Waals surface area contributed by atoms with Gasteiger partial charge in [-0.25, -0.2) is 8.78 Å². The molecule has 0 aromatic heterocycles. The van der Waals surface area contributed by atoms with E-state index in [9.17, 15) is 8.78 Å². The second kappa shape index (κ2) is 7.13. The number of nitrogens with one attached hydrogen (secondary N) is 1. The van der Waals surface area contributed by atoms with E-state index in [1.54, 1.807) is 7.11 Å². The molecular weight excluding hydrogens is 306 g/mol. The van der Waals surface area contributed by atoms with Crippen molar-refractivity contribution in [3.05, 3.63) is 33.8 Å². The Balaban J connectivity index is 3.01. The number of hydrazine groups is 1. The smallest absolute Gasteiger partial charge is 0.132 e. The fourth-order valence-electron chi connectivity index (χ4n) is 1.85. The maximum atomic E-state index is 13.8. The van der Waals surface area contributed by atoms with Gasteiger partial charge in [0.25, 0.3) is 0 Å². The molecule has 0 spiro atoms. The van der Waals surface area contributed by atoms with Crippen molar-refractivity contribution in [3.63, 3.8) is 0 Å². The van der Waals surface area contributed by atoms with Gasteiger partial charge in [-0.15, -0.1) is 0 Å². The Labute approximate surface area is 114 Å². The molecule has 0 aliphatic carbocycles. The molecule has 102 valence electrons. The zero-order valence-electron chi connectivity index (χ0n) is 10.3. The van der Waals surface area contributed by atoms with Crippen LogP contribution < -0.4 is 11.3 Å². The molecule has 0 aliphatic rings. The van der Waals surface area contributed by atoms with Crippen molar-refractivity contribution in [2.75, 3.05) is 13.7 Å². The monoisotopic (exact) mass is 322 g/mol. The summed E-state index contributed by atoms with van der Waals surface area (Å²) >= 11 is 3.05. The van der Waals surface area contributed by atoms with Crippen LogP contribution in [0.25, 0.3) is 0 Å². The van der Waals surface area contributed by atoms with Crippen molar-refractivity contribution in [2.45, 2.75) is 19.4 Å². The topological polar surface area (TPSA) is 47.3 Å². The molecule has 0 aliphatic heterocycles. The molecule has 0 amide bonds. The first-order valence-corrected chi connectivity index (χ1v) is 6.40. The highest BCUT2D eigenvalue weighted by atomic mass is 79.9. The lowest BCUT2D eigenvalue weighted by molar-refractivity contribution is 0.169. The number of ether oxygens (including phenoxy) is 1. The van der Waals surface area contributed by atoms with E-state index in [-0.39, 0.29) is 11.5 Å². The van der Waals surface area contributed by atoms with E-state index >= 15 is 0 Å². The molecule has 1 aromatic carbocycles. The number of methoxy groups -OCH3 is 1. The predicted molar refractivity (Wildman–Crippen MR) is 69.8 cm³/mol. The maximum Gasteiger partial charge on any atom is 0.132 e. The molecule has 0 fully saturated rings. The summed E-state index contributed by atoms with van der Waals surface area (Å²) in [5.74, 6) is 4.13. The van der Waals surface area contributed by atoms with Crippen molar-refractivity contribution in [2.24, 2.45) is 11.8 Å². The highest BCUT2D eigenvalue weighted by Crippen LogP contribution is 2.30. The van der Waals surface area contributed by atoms with Crippen molar-refractivity contribution >= 4 is 15.9 Å². The van der Waals surface area contributed by atoms with Crippen LogP contribution in [0.5, 0.6) is 0 Å². The molecule has 18 heavy (non-hydrogen) atoms. The normalized spacial score (nSPS) is 14.6. The molecule has 6 heteroatoms. The molecule has 1 rings (SSSR count). The third-order valence-electron chi connectivity index (χ3n) is 2.88. The quantitative estimate of drug-likeness (QED) is 0.625. The molecule has 0 saturated heterocycles. The first-order chi connectivity index (χ1) is 8.51. The lowest BCUT2D eigenvalue weighted by Crippen LogP contribution is -2.34. The SMILES string of the molecule is COCCC(C)C(NN)c1c(F)cc(Br)cc1F. The maximum absolute atomic E-state index is 13.8. The largest absolute Gasteiger partial charge is 0.385 e. The zero-order chi connectivity index (χ0) is 13.7. The summed E-state index contributed by atoms with van der Waals surface area (Å²) in [5.41, 5.74) is 2.44. The third-order valence-corrected chi connectivity index (χ3v) is 3.34. The molecule has 2 atom stereocenters. The molecule has 0 heterocycles. The van der Waals surface area contributed by atoms with E-state index < -0.39 is 17.7 Å². The minimum atomic E-state index is -0.617.